The molecule has 30 heavy (non-hydrogen) atoms. The van der Waals surface area contributed by atoms with Crippen molar-refractivity contribution in [3.63, 3.8) is 0 Å². The van der Waals surface area contributed by atoms with Crippen LogP contribution >= 0.6 is 0 Å². The molecule has 2 saturated heterocycles. The highest BCUT2D eigenvalue weighted by Gasteiger charge is 2.25. The Kier molecular flexibility index (Phi) is 4.92. The van der Waals surface area contributed by atoms with E-state index >= 15 is 0 Å². The highest BCUT2D eigenvalue weighted by atomic mass is 16.5. The molecule has 2 fully saturated rings. The van der Waals surface area contributed by atoms with E-state index in [1.54, 1.807) is 12.4 Å². The van der Waals surface area contributed by atoms with Gasteiger partial charge in [0, 0.05) is 54.9 Å². The number of aromatic amines is 1. The van der Waals surface area contributed by atoms with Crippen molar-refractivity contribution in [3.05, 3.63) is 42.4 Å². The van der Waals surface area contributed by atoms with Crippen LogP contribution in [0.4, 0.5) is 11.4 Å². The number of nitrogens with one attached hydrogen (secondary N) is 1. The molecule has 0 atom stereocenters. The SMILES string of the molecule is NC(=O)c1oc(-c2cn[nH]c2)cc1-c1ccc(N2CCOCC2)cc1N1CCCC1. The van der Waals surface area contributed by atoms with Gasteiger partial charge >= 0.3 is 0 Å². The summed E-state index contributed by atoms with van der Waals surface area (Å²) in [6, 6.07) is 8.29. The monoisotopic (exact) mass is 407 g/mol. The number of furan rings is 1. The number of hydrogen-bond acceptors (Lipinski definition) is 6. The summed E-state index contributed by atoms with van der Waals surface area (Å²) in [6.45, 7) is 5.23. The van der Waals surface area contributed by atoms with Gasteiger partial charge in [0.15, 0.2) is 5.76 Å². The molecule has 2 aliphatic heterocycles. The molecule has 0 radical (unpaired) electrons. The van der Waals surface area contributed by atoms with E-state index < -0.39 is 5.91 Å². The van der Waals surface area contributed by atoms with E-state index in [1.165, 1.54) is 5.69 Å². The summed E-state index contributed by atoms with van der Waals surface area (Å²) in [5, 5.41) is 6.75. The predicted octanol–water partition coefficient (Wildman–Crippen LogP) is 2.87. The van der Waals surface area contributed by atoms with Crippen LogP contribution in [-0.4, -0.2) is 55.5 Å². The van der Waals surface area contributed by atoms with Crippen molar-refractivity contribution in [1.82, 2.24) is 10.2 Å². The Labute approximate surface area is 174 Å². The van der Waals surface area contributed by atoms with Crippen LogP contribution in [0, 0.1) is 0 Å². The van der Waals surface area contributed by atoms with E-state index in [0.717, 1.165) is 69.0 Å². The zero-order valence-corrected chi connectivity index (χ0v) is 16.8. The quantitative estimate of drug-likeness (QED) is 0.675. The van der Waals surface area contributed by atoms with Gasteiger partial charge in [-0.15, -0.1) is 0 Å². The largest absolute Gasteiger partial charge is 0.450 e. The predicted molar refractivity (Wildman–Crippen MR) is 115 cm³/mol. The maximum absolute atomic E-state index is 12.2. The molecule has 8 nitrogen and oxygen atoms in total. The van der Waals surface area contributed by atoms with Crippen molar-refractivity contribution in [3.8, 4) is 22.5 Å². The van der Waals surface area contributed by atoms with Gasteiger partial charge in [-0.2, -0.15) is 5.10 Å². The van der Waals surface area contributed by atoms with Gasteiger partial charge in [-0.25, -0.2) is 0 Å². The number of benzene rings is 1. The number of primary amides is 1. The second-order valence-corrected chi connectivity index (χ2v) is 7.70. The topological polar surface area (TPSA) is 101 Å². The highest BCUT2D eigenvalue weighted by molar-refractivity contribution is 6.00. The lowest BCUT2D eigenvalue weighted by atomic mass is 10.0. The molecule has 1 aromatic carbocycles. The molecule has 0 spiro atoms. The maximum atomic E-state index is 12.2. The molecule has 3 aromatic rings. The molecule has 156 valence electrons. The zero-order valence-electron chi connectivity index (χ0n) is 16.8. The molecule has 3 N–H and O–H groups in total. The Morgan fingerprint density at radius 1 is 1.03 bits per heavy atom. The molecule has 2 aromatic heterocycles. The number of carbonyl (C=O) groups is 1. The molecular weight excluding hydrogens is 382 g/mol. The summed E-state index contributed by atoms with van der Waals surface area (Å²) in [6.07, 6.45) is 5.72. The number of ether oxygens (including phenoxy) is 1. The van der Waals surface area contributed by atoms with E-state index in [0.29, 0.717) is 11.3 Å². The number of anilines is 2. The van der Waals surface area contributed by atoms with Crippen LogP contribution in [0.2, 0.25) is 0 Å². The van der Waals surface area contributed by atoms with Crippen LogP contribution in [0.3, 0.4) is 0 Å². The summed E-state index contributed by atoms with van der Waals surface area (Å²) in [5.74, 6) is 0.160. The van der Waals surface area contributed by atoms with Gasteiger partial charge in [0.1, 0.15) is 5.76 Å². The first kappa shape index (κ1) is 18.7. The van der Waals surface area contributed by atoms with Gasteiger partial charge in [0.05, 0.1) is 25.0 Å². The number of H-pyrrole nitrogens is 1. The lowest BCUT2D eigenvalue weighted by Crippen LogP contribution is -2.36. The molecule has 8 heteroatoms. The van der Waals surface area contributed by atoms with Crippen LogP contribution in [0.1, 0.15) is 23.4 Å². The van der Waals surface area contributed by atoms with Gasteiger partial charge < -0.3 is 24.7 Å². The van der Waals surface area contributed by atoms with Crippen molar-refractivity contribution < 1.29 is 13.9 Å². The average Bonchev–Trinajstić information content (AvgIpc) is 3.55. The lowest BCUT2D eigenvalue weighted by molar-refractivity contribution is 0.0975. The number of hydrogen-bond donors (Lipinski definition) is 2. The van der Waals surface area contributed by atoms with E-state index in [4.69, 9.17) is 14.9 Å². The van der Waals surface area contributed by atoms with E-state index in [9.17, 15) is 4.79 Å². The number of amides is 1. The normalized spacial score (nSPS) is 16.9. The van der Waals surface area contributed by atoms with Gasteiger partial charge in [-0.3, -0.25) is 9.89 Å². The van der Waals surface area contributed by atoms with E-state index in [2.05, 4.69) is 38.2 Å². The highest BCUT2D eigenvalue weighted by Crippen LogP contribution is 2.40. The summed E-state index contributed by atoms with van der Waals surface area (Å²) in [4.78, 5) is 16.9. The molecule has 0 aliphatic carbocycles. The van der Waals surface area contributed by atoms with Crippen LogP contribution in [-0.2, 0) is 4.74 Å². The Hall–Kier alpha value is -3.26. The smallest absolute Gasteiger partial charge is 0.285 e. The zero-order chi connectivity index (χ0) is 20.5. The number of nitrogens with zero attached hydrogens (tertiary/aromatic N) is 3. The first-order chi connectivity index (χ1) is 14.7. The van der Waals surface area contributed by atoms with Crippen LogP contribution < -0.4 is 15.5 Å². The number of carbonyl (C=O) groups excluding carboxylic acids is 1. The molecule has 5 rings (SSSR count). The number of aromatic nitrogens is 2. The van der Waals surface area contributed by atoms with Crippen molar-refractivity contribution in [2.45, 2.75) is 12.8 Å². The lowest BCUT2D eigenvalue weighted by Gasteiger charge is -2.31. The van der Waals surface area contributed by atoms with Gasteiger partial charge in [0.2, 0.25) is 0 Å². The minimum absolute atomic E-state index is 0.172. The summed E-state index contributed by atoms with van der Waals surface area (Å²) in [7, 11) is 0. The molecule has 2 aliphatic rings. The fourth-order valence-electron chi connectivity index (χ4n) is 4.29. The minimum atomic E-state index is -0.579. The molecule has 0 bridgehead atoms. The molecule has 0 saturated carbocycles. The Morgan fingerprint density at radius 3 is 2.53 bits per heavy atom. The summed E-state index contributed by atoms with van der Waals surface area (Å²) >= 11 is 0. The third kappa shape index (κ3) is 3.43. The van der Waals surface area contributed by atoms with Crippen LogP contribution in [0.5, 0.6) is 0 Å². The number of morpholine rings is 1. The van der Waals surface area contributed by atoms with Gasteiger partial charge in [0.25, 0.3) is 5.91 Å². The van der Waals surface area contributed by atoms with Crippen molar-refractivity contribution in [2.24, 2.45) is 5.73 Å². The summed E-state index contributed by atoms with van der Waals surface area (Å²) in [5.41, 5.74) is 10.4. The second kappa shape index (κ2) is 7.87. The third-order valence-electron chi connectivity index (χ3n) is 5.83. The summed E-state index contributed by atoms with van der Waals surface area (Å²) < 4.78 is 11.4. The van der Waals surface area contributed by atoms with E-state index in [1.807, 2.05) is 6.07 Å². The van der Waals surface area contributed by atoms with E-state index in [-0.39, 0.29) is 5.76 Å². The second-order valence-electron chi connectivity index (χ2n) is 7.70. The van der Waals surface area contributed by atoms with Crippen molar-refractivity contribution in [2.75, 3.05) is 49.2 Å². The molecule has 1 amide bonds. The first-order valence-electron chi connectivity index (χ1n) is 10.4. The van der Waals surface area contributed by atoms with Gasteiger partial charge in [-0.1, -0.05) is 6.07 Å². The minimum Gasteiger partial charge on any atom is -0.450 e. The molecule has 0 unspecified atom stereocenters. The number of rotatable bonds is 5. The molecule has 4 heterocycles. The standard InChI is InChI=1S/C22H25N5O3/c23-22(28)21-18(12-20(30-21)15-13-24-25-14-15)17-4-3-16(26-7-9-29-10-8-26)11-19(17)27-5-1-2-6-27/h3-4,11-14H,1-2,5-10H2,(H2,23,28)(H,24,25). The van der Waals surface area contributed by atoms with Gasteiger partial charge in [-0.05, 0) is 31.0 Å². The number of nitrogens with two attached hydrogens (primary N) is 1. The van der Waals surface area contributed by atoms with Crippen molar-refractivity contribution >= 4 is 17.3 Å². The van der Waals surface area contributed by atoms with Crippen LogP contribution in [0.25, 0.3) is 22.5 Å². The maximum Gasteiger partial charge on any atom is 0.285 e. The Morgan fingerprint density at radius 2 is 1.83 bits per heavy atom. The molecular formula is C22H25N5O3. The Bertz CT molecular complexity index is 1030. The fraction of sp³-hybridized carbons (Fsp3) is 0.364. The fourth-order valence-corrected chi connectivity index (χ4v) is 4.29. The third-order valence-corrected chi connectivity index (χ3v) is 5.83. The Balaban J connectivity index is 1.61. The van der Waals surface area contributed by atoms with Crippen LogP contribution in [0.15, 0.2) is 41.1 Å². The first-order valence-corrected chi connectivity index (χ1v) is 10.4. The van der Waals surface area contributed by atoms with Crippen molar-refractivity contribution in [1.29, 1.82) is 0 Å². The average molecular weight is 407 g/mol.